The fourth-order valence-electron chi connectivity index (χ4n) is 2.74. The topological polar surface area (TPSA) is 181 Å². The van der Waals surface area contributed by atoms with Gasteiger partial charge in [0, 0.05) is 35.9 Å². The molecule has 0 aromatic rings. The van der Waals surface area contributed by atoms with Crippen LogP contribution in [0.3, 0.4) is 0 Å². The van der Waals surface area contributed by atoms with Gasteiger partial charge in [0.1, 0.15) is 27.3 Å². The number of ether oxygens (including phenoxy) is 1. The lowest BCUT2D eigenvalue weighted by Gasteiger charge is -2.39. The summed E-state index contributed by atoms with van der Waals surface area (Å²) in [6, 6.07) is 0. The zero-order valence-corrected chi connectivity index (χ0v) is 36.0. The lowest BCUT2D eigenvalue weighted by atomic mass is 9.71. The van der Waals surface area contributed by atoms with Gasteiger partial charge in [0.25, 0.3) is 0 Å². The van der Waals surface area contributed by atoms with Crippen molar-refractivity contribution in [2.24, 2.45) is 54.6 Å². The Kier molecular flexibility index (Phi) is 27.8. The molecular weight excluding hydrogens is 647 g/mol. The predicted octanol–water partition coefficient (Wildman–Crippen LogP) is 8.59. The van der Waals surface area contributed by atoms with E-state index in [1.165, 1.54) is 25.7 Å². The Hall–Kier alpha value is -2.10. The third-order valence-corrected chi connectivity index (χ3v) is 7.66. The maximum atomic E-state index is 10.5. The van der Waals surface area contributed by atoms with Crippen molar-refractivity contribution in [2.75, 3.05) is 19.6 Å². The number of Topliss-reactive ketones (excluding diaryl/α,β-unsaturated/α-hetero) is 1. The van der Waals surface area contributed by atoms with Crippen LogP contribution in [0.15, 0.2) is 10.1 Å². The molecular formula is C36H75N5O5S2. The zero-order chi connectivity index (χ0) is 40.1. The van der Waals surface area contributed by atoms with Gasteiger partial charge in [-0.3, -0.25) is 4.79 Å². The van der Waals surface area contributed by atoms with Gasteiger partial charge in [0.15, 0.2) is 0 Å². The number of ketones is 1. The number of nitriles is 1. The van der Waals surface area contributed by atoms with Gasteiger partial charge in [-0.25, -0.2) is 8.42 Å². The van der Waals surface area contributed by atoms with Crippen molar-refractivity contribution in [3.63, 3.8) is 0 Å². The number of rotatable bonds is 1. The molecule has 1 rings (SSSR count). The molecule has 1 fully saturated rings. The minimum absolute atomic E-state index is 0.139. The van der Waals surface area contributed by atoms with Crippen LogP contribution in [0.4, 0.5) is 0 Å². The Bertz CT molecular complexity index is 1090. The molecule has 10 nitrogen and oxygen atoms in total. The van der Waals surface area contributed by atoms with Crippen molar-refractivity contribution >= 4 is 44.4 Å². The summed E-state index contributed by atoms with van der Waals surface area (Å²) in [6.45, 7) is 34.0. The monoisotopic (exact) mass is 722 g/mol. The number of carbonyl (C=O) groups is 1. The summed E-state index contributed by atoms with van der Waals surface area (Å²) in [5.41, 5.74) is 10.8. The number of nitrogens with zero attached hydrogens (tertiary/aromatic N) is 3. The maximum absolute atomic E-state index is 10.5. The molecule has 1 saturated carbocycles. The smallest absolute Gasteiger partial charge is 0.207 e. The maximum Gasteiger partial charge on any atom is 0.207 e. The van der Waals surface area contributed by atoms with Gasteiger partial charge < -0.3 is 21.4 Å². The molecule has 0 saturated heterocycles. The molecule has 1 aliphatic rings. The third-order valence-electron chi connectivity index (χ3n) is 7.05. The number of hydrogen-bond acceptors (Lipinski definition) is 9. The van der Waals surface area contributed by atoms with Crippen molar-refractivity contribution in [1.29, 1.82) is 5.26 Å². The molecule has 2 unspecified atom stereocenters. The van der Waals surface area contributed by atoms with Crippen molar-refractivity contribution < 1.29 is 23.2 Å². The van der Waals surface area contributed by atoms with Crippen molar-refractivity contribution in [3.05, 3.63) is 0 Å². The molecule has 1 aliphatic carbocycles. The van der Waals surface area contributed by atoms with E-state index in [-0.39, 0.29) is 33.3 Å². The average Bonchev–Trinajstić information content (AvgIpc) is 2.86. The second kappa shape index (κ2) is 24.1. The van der Waals surface area contributed by atoms with Crippen molar-refractivity contribution in [1.82, 2.24) is 0 Å². The van der Waals surface area contributed by atoms with Gasteiger partial charge in [0.05, 0.1) is 6.10 Å². The van der Waals surface area contributed by atoms with E-state index in [1.807, 2.05) is 76.3 Å². The average molecular weight is 722 g/mol. The van der Waals surface area contributed by atoms with E-state index in [9.17, 15) is 13.2 Å². The third kappa shape index (κ3) is 38.3. The molecule has 0 amide bonds. The second-order valence-electron chi connectivity index (χ2n) is 17.4. The normalized spacial score (nSPS) is 17.3. The van der Waals surface area contributed by atoms with Gasteiger partial charge in [-0.2, -0.15) is 10.3 Å². The minimum atomic E-state index is -2.67. The lowest BCUT2D eigenvalue weighted by molar-refractivity contribution is -0.124. The Morgan fingerprint density at radius 3 is 1.23 bits per heavy atom. The molecule has 0 heterocycles. The van der Waals surface area contributed by atoms with E-state index in [0.717, 1.165) is 23.3 Å². The van der Waals surface area contributed by atoms with Crippen LogP contribution in [0.1, 0.15) is 143 Å². The van der Waals surface area contributed by atoms with Crippen LogP contribution >= 0.6 is 12.2 Å². The summed E-state index contributed by atoms with van der Waals surface area (Å²) in [5.74, 6) is 1.64. The highest BCUT2D eigenvalue weighted by Gasteiger charge is 2.33. The number of nitrogens with two attached hydrogens (primary N) is 2. The second-order valence-corrected chi connectivity index (χ2v) is 20.3. The summed E-state index contributed by atoms with van der Waals surface area (Å²) in [7, 11) is -0.811. The van der Waals surface area contributed by atoms with Crippen LogP contribution in [0.2, 0.25) is 0 Å². The highest BCUT2D eigenvalue weighted by molar-refractivity contribution is 7.89. The first-order valence-electron chi connectivity index (χ1n) is 16.3. The van der Waals surface area contributed by atoms with E-state index in [4.69, 9.17) is 38.9 Å². The molecule has 5 N–H and O–H groups in total. The van der Waals surface area contributed by atoms with Crippen LogP contribution in [0, 0.1) is 44.4 Å². The van der Waals surface area contributed by atoms with E-state index in [2.05, 4.69) is 51.7 Å². The number of aliphatic imine (C=N–C) groups is 1. The van der Waals surface area contributed by atoms with E-state index < -0.39 is 9.84 Å². The molecule has 0 spiro atoms. The molecule has 286 valence electrons. The Morgan fingerprint density at radius 1 is 0.792 bits per heavy atom. The largest absolute Gasteiger partial charge is 0.409 e. The van der Waals surface area contributed by atoms with Crippen LogP contribution < -0.4 is 11.5 Å². The molecule has 2 atom stereocenters. The summed E-state index contributed by atoms with van der Waals surface area (Å²) >= 11 is 4.93. The zero-order valence-electron chi connectivity index (χ0n) is 34.4. The first-order valence-corrected chi connectivity index (χ1v) is 19.0. The van der Waals surface area contributed by atoms with Crippen LogP contribution in [-0.4, -0.2) is 61.7 Å². The van der Waals surface area contributed by atoms with Gasteiger partial charge in [-0.1, -0.05) is 134 Å². The number of oxime groups is 1. The van der Waals surface area contributed by atoms with Crippen LogP contribution in [0.5, 0.6) is 0 Å². The van der Waals surface area contributed by atoms with E-state index in [1.54, 1.807) is 13.1 Å². The van der Waals surface area contributed by atoms with Gasteiger partial charge >= 0.3 is 0 Å². The van der Waals surface area contributed by atoms with Crippen LogP contribution in [0.25, 0.3) is 0 Å². The number of amidine groups is 2. The Balaban J connectivity index is -0.000000158. The number of hydrogen-bond donors (Lipinski definition) is 3. The van der Waals surface area contributed by atoms with Gasteiger partial charge in [-0.05, 0) is 48.3 Å². The standard InChI is InChI=1S/C11H22O.C6H11N3.C6H12O.C6H12S.C5H12N2O.C2H6O2S/c1-11(2,3)9-7-5-6-8-10(9)12-4;1-6(2,3)5(8)9-4-7;2*1-5(7)6(2,3)4;1-5(2,3)4(6)7-8;1-5(2,3)4/h9-10H,5-8H2,1-4H3;1-3H3,(H2,8,9);2*1-4H3;8H,1-3H3,(H2,6,7);1-2H3. The number of sulfone groups is 1. The first-order chi connectivity index (χ1) is 20.9. The van der Waals surface area contributed by atoms with Crippen LogP contribution in [-0.2, 0) is 19.4 Å². The molecule has 48 heavy (non-hydrogen) atoms. The number of methoxy groups -OCH3 is 1. The predicted molar refractivity (Wildman–Crippen MR) is 210 cm³/mol. The van der Waals surface area contributed by atoms with Gasteiger partial charge in [-0.15, -0.1) is 0 Å². The van der Waals surface area contributed by atoms with E-state index in [0.29, 0.717) is 17.4 Å². The molecule has 0 aromatic carbocycles. The molecule has 12 heteroatoms. The minimum Gasteiger partial charge on any atom is -0.409 e. The first kappa shape index (κ1) is 55.3. The summed E-state index contributed by atoms with van der Waals surface area (Å²) in [5, 5.41) is 19.1. The molecule has 0 aromatic heterocycles. The SMILES string of the molecule is CC(=O)C(C)(C)C.CC(=S)C(C)(C)C.CC(C)(C)/C(N)=N/O.CC(C)(C)C(N)=NC#N.COC1CCCCC1C(C)(C)C.CS(C)(=O)=O. The van der Waals surface area contributed by atoms with E-state index >= 15 is 0 Å². The Labute approximate surface area is 301 Å². The highest BCUT2D eigenvalue weighted by Crippen LogP contribution is 2.39. The summed E-state index contributed by atoms with van der Waals surface area (Å²) < 4.78 is 24.8. The fourth-order valence-corrected chi connectivity index (χ4v) is 2.74. The highest BCUT2D eigenvalue weighted by atomic mass is 32.2. The Morgan fingerprint density at radius 2 is 1.10 bits per heavy atom. The molecule has 0 aliphatic heterocycles. The van der Waals surface area contributed by atoms with Gasteiger partial charge in [0.2, 0.25) is 6.19 Å². The summed E-state index contributed by atoms with van der Waals surface area (Å²) in [6.07, 6.45) is 9.82. The molecule has 0 bridgehead atoms. The molecule has 0 radical (unpaired) electrons. The number of thiocarbonyl (C=S) groups is 1. The van der Waals surface area contributed by atoms with Crippen molar-refractivity contribution in [2.45, 2.75) is 149 Å². The van der Waals surface area contributed by atoms with Crippen molar-refractivity contribution in [3.8, 4) is 6.19 Å². The quantitative estimate of drug-likeness (QED) is 0.0596. The fraction of sp³-hybridized carbons (Fsp3) is 0.861. The lowest BCUT2D eigenvalue weighted by Crippen LogP contribution is -2.35. The number of carbonyl (C=O) groups excluding carboxylic acids is 1. The summed E-state index contributed by atoms with van der Waals surface area (Å²) in [4.78, 5) is 14.9.